The molecule has 3 nitrogen and oxygen atoms in total. The highest BCUT2D eigenvalue weighted by atomic mass is 16.5. The molecule has 0 amide bonds. The van der Waals surface area contributed by atoms with Crippen molar-refractivity contribution >= 4 is 11.0 Å². The van der Waals surface area contributed by atoms with E-state index in [0.717, 1.165) is 16.7 Å². The maximum absolute atomic E-state index is 5.78. The molecule has 3 heteroatoms. The van der Waals surface area contributed by atoms with Crippen molar-refractivity contribution < 1.29 is 4.74 Å². The van der Waals surface area contributed by atoms with Crippen LogP contribution in [0.15, 0.2) is 18.2 Å². The number of benzene rings is 1. The van der Waals surface area contributed by atoms with E-state index in [1.807, 2.05) is 26.0 Å². The molecule has 18 heavy (non-hydrogen) atoms. The highest BCUT2D eigenvalue weighted by Crippen LogP contribution is 2.26. The van der Waals surface area contributed by atoms with Crippen LogP contribution >= 0.6 is 0 Å². The van der Waals surface area contributed by atoms with Gasteiger partial charge in [-0.25, -0.2) is 9.97 Å². The summed E-state index contributed by atoms with van der Waals surface area (Å²) in [4.78, 5) is 9.29. The second-order valence-electron chi connectivity index (χ2n) is 5.23. The van der Waals surface area contributed by atoms with E-state index in [-0.39, 0.29) is 6.10 Å². The number of aromatic nitrogens is 2. The summed E-state index contributed by atoms with van der Waals surface area (Å²) in [5, 5.41) is 0. The number of rotatable bonds is 3. The molecule has 1 aromatic heterocycles. The highest BCUT2D eigenvalue weighted by molar-refractivity contribution is 5.75. The lowest BCUT2D eigenvalue weighted by atomic mass is 10.1. The molecular weight excluding hydrogens is 224 g/mol. The van der Waals surface area contributed by atoms with Gasteiger partial charge in [-0.15, -0.1) is 0 Å². The SMILES string of the molecule is Cc1ccc2nc(C(C)C)c(OC(C)C)nc2c1. The fraction of sp³-hybridized carbons (Fsp3) is 0.467. The van der Waals surface area contributed by atoms with Gasteiger partial charge in [0, 0.05) is 5.92 Å². The van der Waals surface area contributed by atoms with E-state index in [4.69, 9.17) is 4.74 Å². The van der Waals surface area contributed by atoms with E-state index in [9.17, 15) is 0 Å². The van der Waals surface area contributed by atoms with Crippen molar-refractivity contribution in [1.29, 1.82) is 0 Å². The van der Waals surface area contributed by atoms with Gasteiger partial charge in [-0.05, 0) is 38.5 Å². The van der Waals surface area contributed by atoms with Gasteiger partial charge in [-0.1, -0.05) is 19.9 Å². The van der Waals surface area contributed by atoms with Crippen molar-refractivity contribution in [3.63, 3.8) is 0 Å². The largest absolute Gasteiger partial charge is 0.474 e. The number of aryl methyl sites for hydroxylation is 1. The summed E-state index contributed by atoms with van der Waals surface area (Å²) in [7, 11) is 0. The fourth-order valence-corrected chi connectivity index (χ4v) is 1.85. The maximum atomic E-state index is 5.78. The van der Waals surface area contributed by atoms with E-state index >= 15 is 0 Å². The molecule has 96 valence electrons. The molecule has 0 spiro atoms. The predicted octanol–water partition coefficient (Wildman–Crippen LogP) is 3.85. The van der Waals surface area contributed by atoms with Gasteiger partial charge in [-0.2, -0.15) is 0 Å². The average molecular weight is 244 g/mol. The van der Waals surface area contributed by atoms with Crippen molar-refractivity contribution in [1.82, 2.24) is 9.97 Å². The zero-order valence-corrected chi connectivity index (χ0v) is 11.7. The highest BCUT2D eigenvalue weighted by Gasteiger charge is 2.14. The van der Waals surface area contributed by atoms with E-state index in [0.29, 0.717) is 11.8 Å². The molecule has 0 aliphatic rings. The molecule has 2 rings (SSSR count). The van der Waals surface area contributed by atoms with Crippen LogP contribution in [0.5, 0.6) is 5.88 Å². The van der Waals surface area contributed by atoms with Gasteiger partial charge in [-0.3, -0.25) is 0 Å². The molecule has 2 aromatic rings. The lowest BCUT2D eigenvalue weighted by Crippen LogP contribution is -2.11. The van der Waals surface area contributed by atoms with Gasteiger partial charge in [0.1, 0.15) is 5.69 Å². The second kappa shape index (κ2) is 4.92. The van der Waals surface area contributed by atoms with Crippen molar-refractivity contribution in [2.24, 2.45) is 0 Å². The summed E-state index contributed by atoms with van der Waals surface area (Å²) in [6, 6.07) is 6.12. The smallest absolute Gasteiger partial charge is 0.236 e. The monoisotopic (exact) mass is 244 g/mol. The first-order valence-electron chi connectivity index (χ1n) is 6.42. The van der Waals surface area contributed by atoms with Crippen molar-refractivity contribution in [3.8, 4) is 5.88 Å². The van der Waals surface area contributed by atoms with Crippen LogP contribution in [0.4, 0.5) is 0 Å². The molecule has 1 aromatic carbocycles. The Morgan fingerprint density at radius 2 is 1.72 bits per heavy atom. The van der Waals surface area contributed by atoms with Gasteiger partial charge in [0.25, 0.3) is 0 Å². The predicted molar refractivity (Wildman–Crippen MR) is 74.1 cm³/mol. The minimum Gasteiger partial charge on any atom is -0.474 e. The van der Waals surface area contributed by atoms with Crippen LogP contribution in [-0.2, 0) is 0 Å². The molecule has 0 aliphatic carbocycles. The zero-order chi connectivity index (χ0) is 13.3. The quantitative estimate of drug-likeness (QED) is 0.822. The first kappa shape index (κ1) is 12.8. The third-order valence-electron chi connectivity index (χ3n) is 2.71. The molecule has 0 saturated carbocycles. The van der Waals surface area contributed by atoms with Crippen molar-refractivity contribution in [2.45, 2.75) is 46.6 Å². The first-order chi connectivity index (χ1) is 8.47. The lowest BCUT2D eigenvalue weighted by molar-refractivity contribution is 0.228. The molecule has 0 unspecified atom stereocenters. The Morgan fingerprint density at radius 1 is 1.00 bits per heavy atom. The molecule has 0 atom stereocenters. The Hall–Kier alpha value is -1.64. The van der Waals surface area contributed by atoms with Crippen LogP contribution in [0.3, 0.4) is 0 Å². The Kier molecular flexibility index (Phi) is 3.50. The topological polar surface area (TPSA) is 35.0 Å². The first-order valence-corrected chi connectivity index (χ1v) is 6.42. The molecule has 0 fully saturated rings. The molecule has 0 saturated heterocycles. The van der Waals surface area contributed by atoms with Crippen LogP contribution in [0, 0.1) is 6.92 Å². The molecule has 0 bridgehead atoms. The van der Waals surface area contributed by atoms with E-state index < -0.39 is 0 Å². The Morgan fingerprint density at radius 3 is 2.33 bits per heavy atom. The number of ether oxygens (including phenoxy) is 1. The fourth-order valence-electron chi connectivity index (χ4n) is 1.85. The van der Waals surface area contributed by atoms with Gasteiger partial charge in [0.2, 0.25) is 5.88 Å². The summed E-state index contributed by atoms with van der Waals surface area (Å²) >= 11 is 0. The summed E-state index contributed by atoms with van der Waals surface area (Å²) in [6.45, 7) is 10.3. The van der Waals surface area contributed by atoms with Crippen LogP contribution in [0.25, 0.3) is 11.0 Å². The second-order valence-corrected chi connectivity index (χ2v) is 5.23. The van der Waals surface area contributed by atoms with Crippen LogP contribution in [0.1, 0.15) is 44.9 Å². The summed E-state index contributed by atoms with van der Waals surface area (Å²) in [5.41, 5.74) is 3.94. The van der Waals surface area contributed by atoms with Crippen LogP contribution < -0.4 is 4.74 Å². The van der Waals surface area contributed by atoms with E-state index in [1.54, 1.807) is 0 Å². The minimum absolute atomic E-state index is 0.110. The van der Waals surface area contributed by atoms with Gasteiger partial charge in [0.15, 0.2) is 0 Å². The molecule has 0 aliphatic heterocycles. The Bertz CT molecular complexity index is 562. The van der Waals surface area contributed by atoms with E-state index in [2.05, 4.69) is 36.8 Å². The number of hydrogen-bond donors (Lipinski definition) is 0. The molecule has 0 radical (unpaired) electrons. The van der Waals surface area contributed by atoms with Crippen molar-refractivity contribution in [3.05, 3.63) is 29.5 Å². The lowest BCUT2D eigenvalue weighted by Gasteiger charge is -2.15. The van der Waals surface area contributed by atoms with Crippen LogP contribution in [-0.4, -0.2) is 16.1 Å². The van der Waals surface area contributed by atoms with Gasteiger partial charge >= 0.3 is 0 Å². The summed E-state index contributed by atoms with van der Waals surface area (Å²) in [6.07, 6.45) is 0.110. The average Bonchev–Trinajstić information content (AvgIpc) is 2.26. The number of fused-ring (bicyclic) bond motifs is 1. The standard InChI is InChI=1S/C15H20N2O/c1-9(2)14-15(18-10(3)4)17-13-8-11(5)6-7-12(13)16-14/h6-10H,1-5H3. The van der Waals surface area contributed by atoms with Crippen LogP contribution in [0.2, 0.25) is 0 Å². The molecule has 1 heterocycles. The molecular formula is C15H20N2O. The van der Waals surface area contributed by atoms with E-state index in [1.165, 1.54) is 5.56 Å². The third kappa shape index (κ3) is 2.61. The summed E-state index contributed by atoms with van der Waals surface area (Å²) < 4.78 is 5.78. The Labute approximate surface area is 108 Å². The minimum atomic E-state index is 0.110. The Balaban J connectivity index is 2.61. The third-order valence-corrected chi connectivity index (χ3v) is 2.71. The summed E-state index contributed by atoms with van der Waals surface area (Å²) in [5.74, 6) is 0.968. The number of hydrogen-bond acceptors (Lipinski definition) is 3. The van der Waals surface area contributed by atoms with Gasteiger partial charge < -0.3 is 4.74 Å². The molecule has 0 N–H and O–H groups in total. The normalized spacial score (nSPS) is 11.5. The maximum Gasteiger partial charge on any atom is 0.236 e. The number of nitrogens with zero attached hydrogens (tertiary/aromatic N) is 2. The zero-order valence-electron chi connectivity index (χ0n) is 11.7. The van der Waals surface area contributed by atoms with Crippen molar-refractivity contribution in [2.75, 3.05) is 0 Å². The van der Waals surface area contributed by atoms with Gasteiger partial charge in [0.05, 0.1) is 17.1 Å².